The molecule has 0 amide bonds. The molecule has 4 aromatic carbocycles. The van der Waals surface area contributed by atoms with Gasteiger partial charge < -0.3 is 28.4 Å². The van der Waals surface area contributed by atoms with Gasteiger partial charge in [0.2, 0.25) is 13.6 Å². The Hall–Kier alpha value is -5.64. The Morgan fingerprint density at radius 3 is 1.05 bits per heavy atom. The molecular weight excluding hydrogens is 504 g/mol. The average Bonchev–Trinajstić information content (AvgIpc) is 3.66. The summed E-state index contributed by atoms with van der Waals surface area (Å²) in [6.45, 7) is 0.315. The summed E-state index contributed by atoms with van der Waals surface area (Å²) in [4.78, 5) is 0. The predicted molar refractivity (Wildman–Crippen MR) is 149 cm³/mol. The van der Waals surface area contributed by atoms with Crippen molar-refractivity contribution in [1.29, 1.82) is 0 Å². The highest BCUT2D eigenvalue weighted by atomic mass is 16.7. The van der Waals surface area contributed by atoms with E-state index in [2.05, 4.69) is 35.5 Å². The molecule has 2 heterocycles. The molecule has 6 rings (SSSR count). The van der Waals surface area contributed by atoms with Crippen molar-refractivity contribution in [1.82, 2.24) is 0 Å². The maximum absolute atomic E-state index is 5.60. The molecule has 0 saturated carbocycles. The smallest absolute Gasteiger partial charge is 0.231 e. The van der Waals surface area contributed by atoms with Crippen LogP contribution in [0, 0.1) is 35.5 Å². The molecule has 0 aliphatic carbocycles. The fraction of sp³-hybridized carbons (Fsp3) is 0.118. The summed E-state index contributed by atoms with van der Waals surface area (Å²) in [5.74, 6) is 23.5. The fourth-order valence-corrected chi connectivity index (χ4v) is 4.06. The molecule has 0 atom stereocenters. The molecule has 0 N–H and O–H groups in total. The highest BCUT2D eigenvalue weighted by Crippen LogP contribution is 2.36. The van der Waals surface area contributed by atoms with Crippen molar-refractivity contribution in [3.63, 3.8) is 0 Å². The normalized spacial score (nSPS) is 11.8. The number of rotatable bonds is 2. The van der Waals surface area contributed by atoms with Gasteiger partial charge in [-0.2, -0.15) is 0 Å². The number of benzene rings is 4. The summed E-state index contributed by atoms with van der Waals surface area (Å²) < 4.78 is 32.9. The number of methoxy groups -OCH3 is 2. The van der Waals surface area contributed by atoms with E-state index in [9.17, 15) is 0 Å². The van der Waals surface area contributed by atoms with Gasteiger partial charge in [0.25, 0.3) is 0 Å². The van der Waals surface area contributed by atoms with Gasteiger partial charge in [-0.05, 0) is 48.5 Å². The zero-order chi connectivity index (χ0) is 27.3. The molecule has 0 unspecified atom stereocenters. The molecule has 0 radical (unpaired) electrons. The topological polar surface area (TPSA) is 55.4 Å². The lowest BCUT2D eigenvalue weighted by Crippen LogP contribution is -1.92. The van der Waals surface area contributed by atoms with Gasteiger partial charge >= 0.3 is 0 Å². The van der Waals surface area contributed by atoms with Gasteiger partial charge in [-0.1, -0.05) is 35.5 Å². The van der Waals surface area contributed by atoms with Gasteiger partial charge in [0.15, 0.2) is 23.0 Å². The highest BCUT2D eigenvalue weighted by molar-refractivity contribution is 5.65. The molecule has 0 saturated heterocycles. The minimum Gasteiger partial charge on any atom is -0.497 e. The number of ether oxygens (including phenoxy) is 6. The van der Waals surface area contributed by atoms with E-state index in [4.69, 9.17) is 28.4 Å². The first-order valence-corrected chi connectivity index (χ1v) is 12.4. The fourth-order valence-electron chi connectivity index (χ4n) is 4.06. The summed E-state index contributed by atoms with van der Waals surface area (Å²) in [7, 11) is 3.27. The molecule has 0 spiro atoms. The van der Waals surface area contributed by atoms with Crippen LogP contribution in [0.4, 0.5) is 0 Å². The number of fused-ring (bicyclic) bond motifs is 2. The zero-order valence-corrected chi connectivity index (χ0v) is 21.8. The molecule has 0 aromatic heterocycles. The standard InChI is InChI=1S/C34H22O6/c1-35-29-13-5-23(6-14-29)3-9-25-17-31-33(39-21-37-31)19-27(25)11-12-28-20-34-32(38-22-40-34)18-26(28)10-4-24-7-15-30(36-2)16-8-24/h5-8,13-20H,21-22H2,1-2H3. The Morgan fingerprint density at radius 1 is 0.450 bits per heavy atom. The number of hydrogen-bond donors (Lipinski definition) is 0. The van der Waals surface area contributed by atoms with E-state index in [0.717, 1.165) is 33.8 Å². The van der Waals surface area contributed by atoms with Crippen LogP contribution in [0.2, 0.25) is 0 Å². The van der Waals surface area contributed by atoms with Crippen LogP contribution < -0.4 is 28.4 Å². The molecule has 2 aliphatic heterocycles. The van der Waals surface area contributed by atoms with Gasteiger partial charge in [-0.25, -0.2) is 0 Å². The molecular formula is C34H22O6. The molecule has 40 heavy (non-hydrogen) atoms. The Labute approximate surface area is 232 Å². The second-order valence-electron chi connectivity index (χ2n) is 8.71. The average molecular weight is 527 g/mol. The Morgan fingerprint density at radius 2 is 0.750 bits per heavy atom. The Balaban J connectivity index is 1.38. The first-order valence-electron chi connectivity index (χ1n) is 12.4. The second kappa shape index (κ2) is 11.0. The van der Waals surface area contributed by atoms with Crippen molar-refractivity contribution in [3.8, 4) is 70.0 Å². The zero-order valence-electron chi connectivity index (χ0n) is 21.8. The third kappa shape index (κ3) is 5.32. The lowest BCUT2D eigenvalue weighted by atomic mass is 10.0. The highest BCUT2D eigenvalue weighted by Gasteiger charge is 2.18. The van der Waals surface area contributed by atoms with E-state index in [0.29, 0.717) is 34.1 Å². The largest absolute Gasteiger partial charge is 0.497 e. The van der Waals surface area contributed by atoms with Gasteiger partial charge in [0, 0.05) is 57.6 Å². The minimum absolute atomic E-state index is 0.158. The van der Waals surface area contributed by atoms with E-state index in [1.807, 2.05) is 72.8 Å². The molecule has 4 aromatic rings. The quantitative estimate of drug-likeness (QED) is 0.328. The first-order chi connectivity index (χ1) is 19.7. The van der Waals surface area contributed by atoms with Crippen LogP contribution in [0.5, 0.6) is 34.5 Å². The molecule has 0 bridgehead atoms. The van der Waals surface area contributed by atoms with Crippen molar-refractivity contribution >= 4 is 0 Å². The van der Waals surface area contributed by atoms with E-state index in [-0.39, 0.29) is 13.6 Å². The molecule has 0 fully saturated rings. The Kier molecular flexibility index (Phi) is 6.79. The molecule has 194 valence electrons. The van der Waals surface area contributed by atoms with Crippen molar-refractivity contribution in [2.24, 2.45) is 0 Å². The van der Waals surface area contributed by atoms with Crippen LogP contribution >= 0.6 is 0 Å². The van der Waals surface area contributed by atoms with Gasteiger partial charge in [-0.15, -0.1) is 0 Å². The van der Waals surface area contributed by atoms with Crippen molar-refractivity contribution in [3.05, 3.63) is 106 Å². The van der Waals surface area contributed by atoms with Crippen molar-refractivity contribution in [2.75, 3.05) is 27.8 Å². The van der Waals surface area contributed by atoms with Crippen molar-refractivity contribution < 1.29 is 28.4 Å². The number of hydrogen-bond acceptors (Lipinski definition) is 6. The van der Waals surface area contributed by atoms with Gasteiger partial charge in [-0.3, -0.25) is 0 Å². The van der Waals surface area contributed by atoms with Crippen LogP contribution in [0.3, 0.4) is 0 Å². The van der Waals surface area contributed by atoms with Crippen LogP contribution in [0.15, 0.2) is 72.8 Å². The summed E-state index contributed by atoms with van der Waals surface area (Å²) in [5.41, 5.74) is 4.56. The van der Waals surface area contributed by atoms with Crippen LogP contribution in [0.25, 0.3) is 0 Å². The minimum atomic E-state index is 0.158. The maximum atomic E-state index is 5.60. The molecule has 2 aliphatic rings. The third-order valence-electron chi connectivity index (χ3n) is 6.22. The SMILES string of the molecule is COc1ccc(C#Cc2cc3c(cc2C#Cc2cc4c(cc2C#Cc2ccc(OC)cc2)OCO4)OCO3)cc1. The van der Waals surface area contributed by atoms with E-state index in [1.54, 1.807) is 14.2 Å². The summed E-state index contributed by atoms with van der Waals surface area (Å²) in [5, 5.41) is 0. The lowest BCUT2D eigenvalue weighted by molar-refractivity contribution is 0.173. The van der Waals surface area contributed by atoms with Crippen molar-refractivity contribution in [2.45, 2.75) is 0 Å². The van der Waals surface area contributed by atoms with Crippen LogP contribution in [-0.4, -0.2) is 27.8 Å². The van der Waals surface area contributed by atoms with E-state index < -0.39 is 0 Å². The third-order valence-corrected chi connectivity index (χ3v) is 6.22. The van der Waals surface area contributed by atoms with E-state index in [1.165, 1.54) is 0 Å². The van der Waals surface area contributed by atoms with Gasteiger partial charge in [0.1, 0.15) is 11.5 Å². The predicted octanol–water partition coefficient (Wildman–Crippen LogP) is 5.36. The molecule has 6 heteroatoms. The van der Waals surface area contributed by atoms with Crippen LogP contribution in [0.1, 0.15) is 33.4 Å². The molecule has 6 nitrogen and oxygen atoms in total. The summed E-state index contributed by atoms with van der Waals surface area (Å²) in [6.07, 6.45) is 0. The summed E-state index contributed by atoms with van der Waals surface area (Å²) in [6, 6.07) is 22.5. The maximum Gasteiger partial charge on any atom is 0.231 e. The van der Waals surface area contributed by atoms with E-state index >= 15 is 0 Å². The van der Waals surface area contributed by atoms with Crippen LogP contribution in [-0.2, 0) is 0 Å². The lowest BCUT2D eigenvalue weighted by Gasteiger charge is -2.03. The second-order valence-corrected chi connectivity index (χ2v) is 8.71. The monoisotopic (exact) mass is 526 g/mol. The summed E-state index contributed by atoms with van der Waals surface area (Å²) >= 11 is 0. The first kappa shape index (κ1) is 24.7. The Bertz CT molecular complexity index is 1640. The van der Waals surface area contributed by atoms with Gasteiger partial charge in [0.05, 0.1) is 14.2 Å².